The minimum absolute atomic E-state index is 0.0335. The van der Waals surface area contributed by atoms with Gasteiger partial charge in [-0.05, 0) is 50.4 Å². The number of carbonyl (C=O) groups excluding carboxylic acids is 2. The fraction of sp³-hybridized carbons (Fsp3) is 0.679. The molecule has 1 aromatic carbocycles. The molecule has 0 aliphatic carbocycles. The summed E-state index contributed by atoms with van der Waals surface area (Å²) in [5, 5.41) is 10.5. The van der Waals surface area contributed by atoms with Crippen LogP contribution in [0.2, 0.25) is 0 Å². The molecule has 0 bridgehead atoms. The summed E-state index contributed by atoms with van der Waals surface area (Å²) >= 11 is 0. The normalized spacial score (nSPS) is 20.2. The number of nitrogens with two attached hydrogens (primary N) is 1. The lowest BCUT2D eigenvalue weighted by Crippen LogP contribution is -2.46. The molecule has 39 heavy (non-hydrogen) atoms. The number of methoxy groups -OCH3 is 1. The molecule has 3 N–H and O–H groups in total. The Bertz CT molecular complexity index is 996. The highest BCUT2D eigenvalue weighted by molar-refractivity contribution is 5.79. The quantitative estimate of drug-likeness (QED) is 0.338. The van der Waals surface area contributed by atoms with Crippen molar-refractivity contribution in [2.75, 3.05) is 59.7 Å². The molecule has 0 aromatic heterocycles. The molecule has 11 heteroatoms. The number of likely N-dealkylation sites (tertiary alicyclic amines) is 1. The number of hydrogen-bond donors (Lipinski definition) is 2. The molecule has 2 heterocycles. The summed E-state index contributed by atoms with van der Waals surface area (Å²) in [6.45, 7) is 8.71. The van der Waals surface area contributed by atoms with Crippen LogP contribution in [-0.2, 0) is 14.4 Å². The number of aliphatic carboxylic acids is 1. The second-order valence-corrected chi connectivity index (χ2v) is 10.2. The Morgan fingerprint density at radius 2 is 1.87 bits per heavy atom. The highest BCUT2D eigenvalue weighted by atomic mass is 16.7. The van der Waals surface area contributed by atoms with Gasteiger partial charge >= 0.3 is 5.97 Å². The van der Waals surface area contributed by atoms with Gasteiger partial charge in [-0.3, -0.25) is 19.3 Å². The summed E-state index contributed by atoms with van der Waals surface area (Å²) in [5.74, 6) is -0.735. The fourth-order valence-corrected chi connectivity index (χ4v) is 5.65. The van der Waals surface area contributed by atoms with Crippen LogP contribution in [0.15, 0.2) is 12.1 Å². The molecule has 2 aliphatic heterocycles. The summed E-state index contributed by atoms with van der Waals surface area (Å²) in [6, 6.07) is 3.18. The zero-order chi connectivity index (χ0) is 28.5. The minimum Gasteiger partial charge on any atom is -0.493 e. The number of unbranched alkanes of at least 4 members (excludes halogenated alkanes) is 1. The first-order chi connectivity index (χ1) is 18.7. The van der Waals surface area contributed by atoms with Gasteiger partial charge in [0.05, 0.1) is 19.6 Å². The van der Waals surface area contributed by atoms with Gasteiger partial charge in [0, 0.05) is 51.6 Å². The number of rotatable bonds is 15. The number of amides is 2. The van der Waals surface area contributed by atoms with E-state index in [-0.39, 0.29) is 25.2 Å². The standard InChI is InChI=1S/C28H44N4O7/c1-5-7-11-31(12-8-10-29)25(34)17-32-16-21(20-14-23(37-4)27-24(15-20)38-18-39-27)26(28(35)36)22(32)9-13-30(6-2)19(3)33/h14-15,21-22,26H,5-13,16-18,29H2,1-4H3,(H,35,36)/t21-,22+,26-/m1/s1. The maximum Gasteiger partial charge on any atom is 0.308 e. The van der Waals surface area contributed by atoms with Gasteiger partial charge in [0.1, 0.15) is 0 Å². The van der Waals surface area contributed by atoms with E-state index in [0.29, 0.717) is 69.4 Å². The summed E-state index contributed by atoms with van der Waals surface area (Å²) in [6.07, 6.45) is 3.00. The number of carboxylic acid groups (broad SMARTS) is 1. The van der Waals surface area contributed by atoms with Crippen molar-refractivity contribution in [1.29, 1.82) is 0 Å². The molecule has 218 valence electrons. The number of hydrogen-bond acceptors (Lipinski definition) is 8. The van der Waals surface area contributed by atoms with Crippen molar-refractivity contribution < 1.29 is 33.7 Å². The fourth-order valence-electron chi connectivity index (χ4n) is 5.65. The zero-order valence-electron chi connectivity index (χ0n) is 23.7. The Labute approximate surface area is 231 Å². The van der Waals surface area contributed by atoms with Gasteiger partial charge in [0.2, 0.25) is 24.4 Å². The lowest BCUT2D eigenvalue weighted by atomic mass is 9.84. The van der Waals surface area contributed by atoms with Crippen LogP contribution in [0.1, 0.15) is 57.9 Å². The van der Waals surface area contributed by atoms with Crippen molar-refractivity contribution in [1.82, 2.24) is 14.7 Å². The zero-order valence-corrected chi connectivity index (χ0v) is 23.7. The predicted molar refractivity (Wildman–Crippen MR) is 146 cm³/mol. The van der Waals surface area contributed by atoms with E-state index in [1.54, 1.807) is 11.0 Å². The minimum atomic E-state index is -0.937. The first-order valence-corrected chi connectivity index (χ1v) is 13.9. The Balaban J connectivity index is 1.94. The lowest BCUT2D eigenvalue weighted by molar-refractivity contribution is -0.144. The van der Waals surface area contributed by atoms with Gasteiger partial charge in [0.25, 0.3) is 0 Å². The van der Waals surface area contributed by atoms with Crippen LogP contribution in [0.5, 0.6) is 17.2 Å². The van der Waals surface area contributed by atoms with E-state index in [2.05, 4.69) is 6.92 Å². The SMILES string of the molecule is CCCCN(CCCN)C(=O)CN1C[C@H](c2cc(OC)c3c(c2)OCO3)[C@@H](C(=O)O)[C@@H]1CCN(CC)C(C)=O. The molecule has 0 unspecified atom stereocenters. The topological polar surface area (TPSA) is 135 Å². The summed E-state index contributed by atoms with van der Waals surface area (Å²) < 4.78 is 16.6. The van der Waals surface area contributed by atoms with Crippen LogP contribution >= 0.6 is 0 Å². The van der Waals surface area contributed by atoms with E-state index >= 15 is 0 Å². The van der Waals surface area contributed by atoms with Crippen LogP contribution in [0, 0.1) is 5.92 Å². The monoisotopic (exact) mass is 548 g/mol. The van der Waals surface area contributed by atoms with Crippen molar-refractivity contribution in [2.45, 2.75) is 58.4 Å². The van der Waals surface area contributed by atoms with Crippen LogP contribution < -0.4 is 19.9 Å². The number of carbonyl (C=O) groups is 3. The molecule has 1 fully saturated rings. The lowest BCUT2D eigenvalue weighted by Gasteiger charge is -2.31. The van der Waals surface area contributed by atoms with Crippen LogP contribution in [0.3, 0.4) is 0 Å². The molecule has 0 saturated carbocycles. The largest absolute Gasteiger partial charge is 0.493 e. The molecule has 2 aliphatic rings. The second kappa shape index (κ2) is 14.4. The molecule has 0 spiro atoms. The molecule has 0 radical (unpaired) electrons. The van der Waals surface area contributed by atoms with Crippen molar-refractivity contribution >= 4 is 17.8 Å². The maximum absolute atomic E-state index is 13.5. The Kier molecular flexibility index (Phi) is 11.2. The molecule has 1 saturated heterocycles. The molecule has 11 nitrogen and oxygen atoms in total. The van der Waals surface area contributed by atoms with Crippen molar-refractivity contribution in [3.8, 4) is 17.2 Å². The second-order valence-electron chi connectivity index (χ2n) is 10.2. The third-order valence-corrected chi connectivity index (χ3v) is 7.77. The van der Waals surface area contributed by atoms with E-state index in [0.717, 1.165) is 18.4 Å². The van der Waals surface area contributed by atoms with Crippen LogP contribution in [0.4, 0.5) is 0 Å². The molecular weight excluding hydrogens is 504 g/mol. The highest BCUT2D eigenvalue weighted by Gasteiger charge is 2.47. The van der Waals surface area contributed by atoms with Crippen LogP contribution in [0.25, 0.3) is 0 Å². The van der Waals surface area contributed by atoms with E-state index < -0.39 is 23.8 Å². The van der Waals surface area contributed by atoms with Crippen LogP contribution in [-0.4, -0.2) is 103 Å². The van der Waals surface area contributed by atoms with Crippen molar-refractivity contribution in [2.24, 2.45) is 11.7 Å². The number of fused-ring (bicyclic) bond motifs is 1. The van der Waals surface area contributed by atoms with Crippen molar-refractivity contribution in [3.05, 3.63) is 17.7 Å². The number of carboxylic acids is 1. The average molecular weight is 549 g/mol. The summed E-state index contributed by atoms with van der Waals surface area (Å²) in [7, 11) is 1.53. The predicted octanol–water partition coefficient (Wildman–Crippen LogP) is 2.13. The van der Waals surface area contributed by atoms with Gasteiger partial charge in [-0.15, -0.1) is 0 Å². The Morgan fingerprint density at radius 1 is 1.13 bits per heavy atom. The van der Waals surface area contributed by atoms with E-state index in [4.69, 9.17) is 19.9 Å². The van der Waals surface area contributed by atoms with E-state index in [9.17, 15) is 19.5 Å². The first kappa shape index (κ1) is 30.5. The van der Waals surface area contributed by atoms with Gasteiger partial charge in [-0.1, -0.05) is 13.3 Å². The molecule has 3 atom stereocenters. The smallest absolute Gasteiger partial charge is 0.308 e. The summed E-state index contributed by atoms with van der Waals surface area (Å²) in [5.41, 5.74) is 6.48. The number of nitrogens with zero attached hydrogens (tertiary/aromatic N) is 3. The molecule has 1 aromatic rings. The Hall–Kier alpha value is -3.05. The highest BCUT2D eigenvalue weighted by Crippen LogP contribution is 2.47. The van der Waals surface area contributed by atoms with Gasteiger partial charge in [-0.2, -0.15) is 0 Å². The van der Waals surface area contributed by atoms with Gasteiger partial charge in [0.15, 0.2) is 11.5 Å². The molecule has 2 amide bonds. The van der Waals surface area contributed by atoms with E-state index in [1.807, 2.05) is 22.8 Å². The Morgan fingerprint density at radius 3 is 2.49 bits per heavy atom. The van der Waals surface area contributed by atoms with Crippen molar-refractivity contribution in [3.63, 3.8) is 0 Å². The third kappa shape index (κ3) is 7.33. The van der Waals surface area contributed by atoms with Gasteiger partial charge in [-0.25, -0.2) is 0 Å². The average Bonchev–Trinajstić information content (AvgIpc) is 3.53. The summed E-state index contributed by atoms with van der Waals surface area (Å²) in [4.78, 5) is 43.9. The van der Waals surface area contributed by atoms with Gasteiger partial charge < -0.3 is 34.9 Å². The third-order valence-electron chi connectivity index (χ3n) is 7.77. The number of ether oxygens (including phenoxy) is 3. The maximum atomic E-state index is 13.5. The number of benzene rings is 1. The van der Waals surface area contributed by atoms with E-state index in [1.165, 1.54) is 14.0 Å². The molecule has 3 rings (SSSR count). The molecular formula is C28H44N4O7. The first-order valence-electron chi connectivity index (χ1n) is 13.9.